The summed E-state index contributed by atoms with van der Waals surface area (Å²) in [5, 5.41) is 1.63. The van der Waals surface area contributed by atoms with Crippen molar-refractivity contribution in [3.8, 4) is 0 Å². The molecule has 6 nitrogen and oxygen atoms in total. The van der Waals surface area contributed by atoms with Gasteiger partial charge < -0.3 is 4.90 Å². The van der Waals surface area contributed by atoms with Gasteiger partial charge in [0.15, 0.2) is 5.17 Å². The number of nitrogens with zero attached hydrogens (tertiary/aromatic N) is 5. The zero-order chi connectivity index (χ0) is 18.7. The summed E-state index contributed by atoms with van der Waals surface area (Å²) in [6, 6.07) is 12.4. The Labute approximate surface area is 161 Å². The largest absolute Gasteiger partial charge is 0.341 e. The van der Waals surface area contributed by atoms with Gasteiger partial charge in [-0.05, 0) is 29.8 Å². The number of aryl methyl sites for hydroxylation is 2. The molecule has 3 atom stereocenters. The van der Waals surface area contributed by atoms with E-state index in [1.165, 1.54) is 5.56 Å². The third-order valence-corrected chi connectivity index (χ3v) is 6.62. The highest BCUT2D eigenvalue weighted by Crippen LogP contribution is 2.47. The first-order chi connectivity index (χ1) is 13.0. The van der Waals surface area contributed by atoms with Crippen LogP contribution in [0.15, 0.2) is 52.4 Å². The minimum absolute atomic E-state index is 0.00265. The zero-order valence-electron chi connectivity index (χ0n) is 15.5. The van der Waals surface area contributed by atoms with E-state index in [1.54, 1.807) is 9.13 Å². The smallest absolute Gasteiger partial charge is 0.328 e. The fraction of sp³-hybridized carbons (Fsp3) is 0.350. The Balaban J connectivity index is 1.66. The second-order valence-electron chi connectivity index (χ2n) is 7.29. The predicted molar refractivity (Wildman–Crippen MR) is 109 cm³/mol. The second-order valence-corrected chi connectivity index (χ2v) is 8.69. The van der Waals surface area contributed by atoms with Gasteiger partial charge in [0.25, 0.3) is 0 Å². The number of pyridine rings is 1. The quantitative estimate of drug-likeness (QED) is 0.687. The summed E-state index contributed by atoms with van der Waals surface area (Å²) in [7, 11) is 3.64. The van der Waals surface area contributed by atoms with Crippen LogP contribution in [0.25, 0.3) is 11.0 Å². The summed E-state index contributed by atoms with van der Waals surface area (Å²) in [6.07, 6.45) is 1.83. The van der Waals surface area contributed by atoms with Crippen molar-refractivity contribution in [2.75, 3.05) is 6.54 Å². The summed E-state index contributed by atoms with van der Waals surface area (Å²) in [5.41, 5.74) is 4.06. The summed E-state index contributed by atoms with van der Waals surface area (Å²) < 4.78 is 3.41. The summed E-state index contributed by atoms with van der Waals surface area (Å²) in [4.78, 5) is 24.3. The van der Waals surface area contributed by atoms with Crippen molar-refractivity contribution in [2.45, 2.75) is 24.3 Å². The number of amidine groups is 1. The van der Waals surface area contributed by atoms with E-state index in [1.807, 2.05) is 50.3 Å². The summed E-state index contributed by atoms with van der Waals surface area (Å²) >= 11 is 1.84. The van der Waals surface area contributed by atoms with Crippen LogP contribution in [0.5, 0.6) is 0 Å². The third-order valence-electron chi connectivity index (χ3n) is 5.52. The highest BCUT2D eigenvalue weighted by Gasteiger charge is 2.43. The molecule has 3 aromatic rings. The Bertz CT molecular complexity index is 1120. The lowest BCUT2D eigenvalue weighted by Gasteiger charge is -2.27. The molecule has 4 heterocycles. The first-order valence-corrected chi connectivity index (χ1v) is 10.00. The van der Waals surface area contributed by atoms with Gasteiger partial charge >= 0.3 is 5.69 Å². The third kappa shape index (κ3) is 2.45. The molecule has 7 heteroatoms. The van der Waals surface area contributed by atoms with E-state index in [0.29, 0.717) is 5.25 Å². The summed E-state index contributed by atoms with van der Waals surface area (Å²) in [6.45, 7) is 3.21. The monoisotopic (exact) mass is 379 g/mol. The number of imidazole rings is 1. The van der Waals surface area contributed by atoms with E-state index in [-0.39, 0.29) is 17.8 Å². The molecule has 0 radical (unpaired) electrons. The van der Waals surface area contributed by atoms with Gasteiger partial charge in [0.05, 0.1) is 22.8 Å². The standard InChI is InChI=1S/C20H21N5OS/c1-12-11-25-18(17(22-19(25)27-12)14-6-4-5-9-21-14)13-7-8-15-16(10-13)24(3)20(26)23(15)2/h4-10,12,17-18H,11H2,1-3H3/t12-,17+,18-/m1/s1. The van der Waals surface area contributed by atoms with Crippen LogP contribution >= 0.6 is 11.8 Å². The maximum Gasteiger partial charge on any atom is 0.328 e. The van der Waals surface area contributed by atoms with Crippen LogP contribution in [-0.2, 0) is 14.1 Å². The number of fused-ring (bicyclic) bond motifs is 2. The molecule has 27 heavy (non-hydrogen) atoms. The molecule has 0 amide bonds. The molecule has 0 aliphatic carbocycles. The Kier molecular flexibility index (Phi) is 3.69. The van der Waals surface area contributed by atoms with Crippen LogP contribution in [0.3, 0.4) is 0 Å². The second kappa shape index (κ2) is 5.99. The molecule has 0 bridgehead atoms. The fourth-order valence-electron chi connectivity index (χ4n) is 4.19. The molecule has 0 saturated carbocycles. The molecule has 0 N–H and O–H groups in total. The molecule has 0 unspecified atom stereocenters. The Hall–Kier alpha value is -2.54. The van der Waals surface area contributed by atoms with Crippen LogP contribution < -0.4 is 5.69 Å². The highest BCUT2D eigenvalue weighted by molar-refractivity contribution is 8.14. The molecule has 1 aromatic carbocycles. The number of thioether (sulfide) groups is 1. The molecule has 0 spiro atoms. The van der Waals surface area contributed by atoms with Crippen molar-refractivity contribution in [3.05, 3.63) is 64.3 Å². The lowest BCUT2D eigenvalue weighted by Crippen LogP contribution is -2.28. The van der Waals surface area contributed by atoms with Crippen molar-refractivity contribution < 1.29 is 0 Å². The van der Waals surface area contributed by atoms with E-state index in [0.717, 1.165) is 28.4 Å². The van der Waals surface area contributed by atoms with Crippen molar-refractivity contribution in [1.82, 2.24) is 19.0 Å². The number of hydrogen-bond acceptors (Lipinski definition) is 5. The SMILES string of the molecule is C[C@@H]1CN2C(=N[C@@H](c3ccccn3)[C@H]2c2ccc3c(c2)n(C)c(=O)n3C)S1. The van der Waals surface area contributed by atoms with E-state index in [9.17, 15) is 4.79 Å². The maximum absolute atomic E-state index is 12.3. The lowest BCUT2D eigenvalue weighted by molar-refractivity contribution is 0.321. The molecule has 5 rings (SSSR count). The molecule has 1 fully saturated rings. The van der Waals surface area contributed by atoms with Gasteiger partial charge in [-0.3, -0.25) is 19.1 Å². The van der Waals surface area contributed by atoms with Crippen LogP contribution in [-0.4, -0.2) is 36.0 Å². The fourth-order valence-corrected chi connectivity index (χ4v) is 5.28. The van der Waals surface area contributed by atoms with E-state index < -0.39 is 0 Å². The van der Waals surface area contributed by atoms with Crippen molar-refractivity contribution >= 4 is 28.0 Å². The predicted octanol–water partition coefficient (Wildman–Crippen LogP) is 2.86. The minimum atomic E-state index is -0.0283. The number of benzene rings is 1. The highest BCUT2D eigenvalue weighted by atomic mass is 32.2. The van der Waals surface area contributed by atoms with Gasteiger partial charge in [0.2, 0.25) is 0 Å². The first kappa shape index (κ1) is 16.6. The minimum Gasteiger partial charge on any atom is -0.341 e. The maximum atomic E-state index is 12.3. The number of rotatable bonds is 2. The van der Waals surface area contributed by atoms with E-state index >= 15 is 0 Å². The normalized spacial score (nSPS) is 24.5. The van der Waals surface area contributed by atoms with E-state index in [4.69, 9.17) is 4.99 Å². The first-order valence-electron chi connectivity index (χ1n) is 9.12. The molecule has 2 aromatic heterocycles. The van der Waals surface area contributed by atoms with Crippen LogP contribution in [0.4, 0.5) is 0 Å². The van der Waals surface area contributed by atoms with Crippen LogP contribution in [0.2, 0.25) is 0 Å². The summed E-state index contributed by atoms with van der Waals surface area (Å²) in [5.74, 6) is 0. The Morgan fingerprint density at radius 2 is 1.93 bits per heavy atom. The van der Waals surface area contributed by atoms with Gasteiger partial charge in [-0.25, -0.2) is 4.79 Å². The number of aromatic nitrogens is 3. The lowest BCUT2D eigenvalue weighted by atomic mass is 9.96. The molecule has 2 aliphatic heterocycles. The average Bonchev–Trinajstić information content (AvgIpc) is 3.28. The molecular formula is C20H21N5OS. The van der Waals surface area contributed by atoms with Gasteiger partial charge in [-0.2, -0.15) is 0 Å². The molecule has 1 saturated heterocycles. The van der Waals surface area contributed by atoms with Crippen LogP contribution in [0, 0.1) is 0 Å². The number of hydrogen-bond donors (Lipinski definition) is 0. The van der Waals surface area contributed by atoms with Gasteiger partial charge in [0, 0.05) is 32.1 Å². The molecular weight excluding hydrogens is 358 g/mol. The Morgan fingerprint density at radius 3 is 2.70 bits per heavy atom. The van der Waals surface area contributed by atoms with Crippen molar-refractivity contribution in [2.24, 2.45) is 19.1 Å². The molecule has 138 valence electrons. The molecule has 2 aliphatic rings. The Morgan fingerprint density at radius 1 is 1.11 bits per heavy atom. The van der Waals surface area contributed by atoms with Crippen LogP contribution in [0.1, 0.15) is 30.3 Å². The number of aliphatic imine (C=N–C) groups is 1. The topological polar surface area (TPSA) is 55.4 Å². The van der Waals surface area contributed by atoms with Gasteiger partial charge in [-0.1, -0.05) is 30.8 Å². The van der Waals surface area contributed by atoms with Gasteiger partial charge in [-0.15, -0.1) is 0 Å². The average molecular weight is 379 g/mol. The van der Waals surface area contributed by atoms with E-state index in [2.05, 4.69) is 35.0 Å². The van der Waals surface area contributed by atoms with Gasteiger partial charge in [0.1, 0.15) is 6.04 Å². The van der Waals surface area contributed by atoms with Crippen molar-refractivity contribution in [1.29, 1.82) is 0 Å². The zero-order valence-corrected chi connectivity index (χ0v) is 16.3. The van der Waals surface area contributed by atoms with Crippen molar-refractivity contribution in [3.63, 3.8) is 0 Å².